The van der Waals surface area contributed by atoms with Gasteiger partial charge in [-0.2, -0.15) is 4.40 Å². The topological polar surface area (TPSA) is 72.8 Å². The fourth-order valence-electron chi connectivity index (χ4n) is 0.450. The molecule has 0 aliphatic heterocycles. The lowest BCUT2D eigenvalue weighted by atomic mass is 10.3. The molecule has 0 saturated carbocycles. The molecule has 0 unspecified atom stereocenters. The Balaban J connectivity index is 4.62. The molecule has 14 heavy (non-hydrogen) atoms. The van der Waals surface area contributed by atoms with E-state index >= 15 is 0 Å². The van der Waals surface area contributed by atoms with E-state index in [-0.39, 0.29) is 6.61 Å². The van der Waals surface area contributed by atoms with Crippen molar-refractivity contribution in [1.82, 2.24) is 0 Å². The Bertz CT molecular complexity index is 324. The molecule has 5 nitrogen and oxygen atoms in total. The van der Waals surface area contributed by atoms with Crippen LogP contribution in [0.25, 0.3) is 0 Å². The van der Waals surface area contributed by atoms with Gasteiger partial charge < -0.3 is 4.74 Å². The smallest absolute Gasteiger partial charge is 0.350 e. The molecule has 0 saturated heterocycles. The highest BCUT2D eigenvalue weighted by Crippen LogP contribution is 2.16. The molecule has 0 fully saturated rings. The van der Waals surface area contributed by atoms with Gasteiger partial charge in [0.1, 0.15) is 6.21 Å². The van der Waals surface area contributed by atoms with Gasteiger partial charge in [-0.3, -0.25) is 0 Å². The Hall–Kier alpha value is -0.910. The van der Waals surface area contributed by atoms with Crippen molar-refractivity contribution in [3.05, 3.63) is 0 Å². The maximum atomic E-state index is 11.4. The highest BCUT2D eigenvalue weighted by Gasteiger charge is 2.28. The molecule has 0 amide bonds. The Morgan fingerprint density at radius 1 is 1.43 bits per heavy atom. The summed E-state index contributed by atoms with van der Waals surface area (Å²) in [6, 6.07) is 0. The SMILES string of the molecule is CCOC(=O)C=NS(=O)(=O)C(C)(C)C. The predicted octanol–water partition coefficient (Wildman–Crippen LogP) is 0.749. The molecule has 0 aromatic heterocycles. The van der Waals surface area contributed by atoms with Crippen molar-refractivity contribution >= 4 is 22.2 Å². The van der Waals surface area contributed by atoms with Crippen molar-refractivity contribution < 1.29 is 17.9 Å². The summed E-state index contributed by atoms with van der Waals surface area (Å²) >= 11 is 0. The van der Waals surface area contributed by atoms with Crippen LogP contribution in [0.3, 0.4) is 0 Å². The summed E-state index contributed by atoms with van der Waals surface area (Å²) in [6.07, 6.45) is 0.685. The van der Waals surface area contributed by atoms with Gasteiger partial charge in [0.05, 0.1) is 11.4 Å². The average Bonchev–Trinajstić information content (AvgIpc) is 1.99. The van der Waals surface area contributed by atoms with Crippen LogP contribution in [0, 0.1) is 0 Å². The van der Waals surface area contributed by atoms with E-state index in [2.05, 4.69) is 9.13 Å². The zero-order valence-corrected chi connectivity index (χ0v) is 9.59. The molecule has 0 rings (SSSR count). The molecule has 0 aromatic rings. The van der Waals surface area contributed by atoms with E-state index in [1.165, 1.54) is 20.8 Å². The molecule has 0 bridgehead atoms. The Morgan fingerprint density at radius 2 is 1.93 bits per heavy atom. The Morgan fingerprint density at radius 3 is 2.29 bits per heavy atom. The number of ether oxygens (including phenoxy) is 1. The zero-order valence-electron chi connectivity index (χ0n) is 8.77. The van der Waals surface area contributed by atoms with Crippen molar-refractivity contribution in [3.63, 3.8) is 0 Å². The largest absolute Gasteiger partial charge is 0.462 e. The summed E-state index contributed by atoms with van der Waals surface area (Å²) in [4.78, 5) is 10.8. The van der Waals surface area contributed by atoms with Crippen molar-refractivity contribution in [2.24, 2.45) is 4.40 Å². The van der Waals surface area contributed by atoms with Gasteiger partial charge in [0.25, 0.3) is 10.0 Å². The van der Waals surface area contributed by atoms with E-state index in [1.54, 1.807) is 6.92 Å². The second kappa shape index (κ2) is 4.54. The lowest BCUT2D eigenvalue weighted by Gasteiger charge is -2.14. The number of rotatable bonds is 3. The maximum Gasteiger partial charge on any atom is 0.350 e. The molecule has 0 aliphatic carbocycles. The molecule has 6 heteroatoms. The van der Waals surface area contributed by atoms with Crippen LogP contribution in [0.15, 0.2) is 4.40 Å². The molecule has 0 aliphatic rings. The number of esters is 1. The average molecular weight is 221 g/mol. The van der Waals surface area contributed by atoms with Crippen molar-refractivity contribution in [1.29, 1.82) is 0 Å². The summed E-state index contributed by atoms with van der Waals surface area (Å²) in [5, 5.41) is 0. The summed E-state index contributed by atoms with van der Waals surface area (Å²) in [6.45, 7) is 6.34. The monoisotopic (exact) mass is 221 g/mol. The third kappa shape index (κ3) is 3.87. The van der Waals surface area contributed by atoms with E-state index in [1.807, 2.05) is 0 Å². The molecule has 0 radical (unpaired) electrons. The van der Waals surface area contributed by atoms with E-state index in [0.29, 0.717) is 6.21 Å². The third-order valence-corrected chi connectivity index (χ3v) is 3.29. The van der Waals surface area contributed by atoms with E-state index in [0.717, 1.165) is 0 Å². The number of carbonyl (C=O) groups is 1. The van der Waals surface area contributed by atoms with Crippen LogP contribution in [0.4, 0.5) is 0 Å². The van der Waals surface area contributed by atoms with Gasteiger partial charge in [-0.1, -0.05) is 0 Å². The van der Waals surface area contributed by atoms with Crippen LogP contribution in [-0.2, 0) is 19.6 Å². The van der Waals surface area contributed by atoms with Gasteiger partial charge in [-0.15, -0.1) is 0 Å². The van der Waals surface area contributed by atoms with Crippen LogP contribution >= 0.6 is 0 Å². The molecule has 0 heterocycles. The third-order valence-electron chi connectivity index (χ3n) is 1.36. The van der Waals surface area contributed by atoms with Gasteiger partial charge in [-0.05, 0) is 27.7 Å². The molecule has 0 atom stereocenters. The summed E-state index contributed by atoms with van der Waals surface area (Å²) in [5.41, 5.74) is 0. The molecule has 82 valence electrons. The van der Waals surface area contributed by atoms with Crippen molar-refractivity contribution in [3.8, 4) is 0 Å². The van der Waals surface area contributed by atoms with E-state index in [4.69, 9.17) is 0 Å². The van der Waals surface area contributed by atoms with Gasteiger partial charge in [-0.25, -0.2) is 13.2 Å². The van der Waals surface area contributed by atoms with E-state index < -0.39 is 20.7 Å². The van der Waals surface area contributed by atoms with Gasteiger partial charge in [0, 0.05) is 0 Å². The number of nitrogens with zero attached hydrogens (tertiary/aromatic N) is 1. The van der Waals surface area contributed by atoms with Crippen LogP contribution in [0.2, 0.25) is 0 Å². The fourth-order valence-corrected chi connectivity index (χ4v) is 0.991. The van der Waals surface area contributed by atoms with Crippen molar-refractivity contribution in [2.45, 2.75) is 32.4 Å². The lowest BCUT2D eigenvalue weighted by Crippen LogP contribution is -2.26. The second-order valence-electron chi connectivity index (χ2n) is 3.57. The van der Waals surface area contributed by atoms with E-state index in [9.17, 15) is 13.2 Å². The molecule has 0 N–H and O–H groups in total. The Kier molecular flexibility index (Phi) is 4.25. The summed E-state index contributed by atoms with van der Waals surface area (Å²) in [5.74, 6) is -0.750. The number of hydrogen-bond donors (Lipinski definition) is 0. The Labute approximate surface area is 84.2 Å². The quantitative estimate of drug-likeness (QED) is 0.520. The highest BCUT2D eigenvalue weighted by molar-refractivity contribution is 7.91. The lowest BCUT2D eigenvalue weighted by molar-refractivity contribution is -0.134. The highest BCUT2D eigenvalue weighted by atomic mass is 32.2. The van der Waals surface area contributed by atoms with Crippen LogP contribution in [0.1, 0.15) is 27.7 Å². The zero-order chi connectivity index (χ0) is 11.4. The maximum absolute atomic E-state index is 11.4. The minimum absolute atomic E-state index is 0.195. The first kappa shape index (κ1) is 13.1. The molecular formula is C8H15NO4S. The first-order valence-electron chi connectivity index (χ1n) is 4.17. The number of carbonyl (C=O) groups excluding carboxylic acids is 1. The first-order chi connectivity index (χ1) is 6.20. The standard InChI is InChI=1S/C8H15NO4S/c1-5-13-7(10)6-9-14(11,12)8(2,3)4/h6H,5H2,1-4H3. The van der Waals surface area contributed by atoms with Gasteiger partial charge in [0.15, 0.2) is 0 Å². The van der Waals surface area contributed by atoms with Crippen LogP contribution in [-0.4, -0.2) is 32.0 Å². The molecular weight excluding hydrogens is 206 g/mol. The first-order valence-corrected chi connectivity index (χ1v) is 5.61. The molecule has 0 aromatic carbocycles. The van der Waals surface area contributed by atoms with Crippen LogP contribution in [0.5, 0.6) is 0 Å². The molecule has 0 spiro atoms. The summed E-state index contributed by atoms with van der Waals surface area (Å²) < 4.78 is 29.4. The number of hydrogen-bond acceptors (Lipinski definition) is 4. The van der Waals surface area contributed by atoms with Gasteiger partial charge >= 0.3 is 5.97 Å². The second-order valence-corrected chi connectivity index (χ2v) is 5.96. The normalized spacial score (nSPS) is 13.1. The number of sulfonamides is 1. The minimum atomic E-state index is -3.64. The predicted molar refractivity (Wildman–Crippen MR) is 53.8 cm³/mol. The summed E-state index contributed by atoms with van der Waals surface area (Å²) in [7, 11) is -3.64. The minimum Gasteiger partial charge on any atom is -0.462 e. The van der Waals surface area contributed by atoms with Gasteiger partial charge in [0.2, 0.25) is 0 Å². The van der Waals surface area contributed by atoms with Crippen molar-refractivity contribution in [2.75, 3.05) is 6.61 Å². The van der Waals surface area contributed by atoms with Crippen LogP contribution < -0.4 is 0 Å². The fraction of sp³-hybridized carbons (Fsp3) is 0.750.